The van der Waals surface area contributed by atoms with Gasteiger partial charge in [-0.2, -0.15) is 0 Å². The molecular weight excluding hydrogens is 344 g/mol. The van der Waals surface area contributed by atoms with Crippen LogP contribution in [0.3, 0.4) is 0 Å². The Morgan fingerprint density at radius 3 is 2.73 bits per heavy atom. The number of aromatic nitrogens is 1. The van der Waals surface area contributed by atoms with E-state index in [1.807, 2.05) is 24.4 Å². The molecule has 3 aromatic rings. The molecule has 0 atom stereocenters. The van der Waals surface area contributed by atoms with Gasteiger partial charge in [-0.1, -0.05) is 15.9 Å². The predicted octanol–water partition coefficient (Wildman–Crippen LogP) is 3.61. The van der Waals surface area contributed by atoms with Crippen molar-refractivity contribution < 1.29 is 9.90 Å². The zero-order valence-electron chi connectivity index (χ0n) is 11.8. The van der Waals surface area contributed by atoms with E-state index in [4.69, 9.17) is 0 Å². The van der Waals surface area contributed by atoms with Crippen molar-refractivity contribution in [2.75, 3.05) is 6.54 Å². The molecule has 0 aliphatic rings. The molecule has 0 saturated heterocycles. The zero-order chi connectivity index (χ0) is 15.5. The monoisotopic (exact) mass is 358 g/mol. The van der Waals surface area contributed by atoms with Crippen LogP contribution in [0.25, 0.3) is 10.9 Å². The van der Waals surface area contributed by atoms with Gasteiger partial charge in [0.2, 0.25) is 0 Å². The number of H-pyrrole nitrogens is 1. The SMILES string of the molecule is O=C(NCCc1c[nH]c2cc(O)ccc12)c1ccc(Br)cc1. The first-order chi connectivity index (χ1) is 10.6. The Morgan fingerprint density at radius 1 is 1.18 bits per heavy atom. The van der Waals surface area contributed by atoms with Crippen molar-refractivity contribution >= 4 is 32.7 Å². The van der Waals surface area contributed by atoms with Crippen LogP contribution in [0.5, 0.6) is 5.75 Å². The first-order valence-electron chi connectivity index (χ1n) is 6.96. The van der Waals surface area contributed by atoms with Gasteiger partial charge in [0.05, 0.1) is 0 Å². The Morgan fingerprint density at radius 2 is 1.95 bits per heavy atom. The molecule has 1 amide bonds. The summed E-state index contributed by atoms with van der Waals surface area (Å²) < 4.78 is 0.950. The van der Waals surface area contributed by atoms with Crippen LogP contribution in [0.4, 0.5) is 0 Å². The molecule has 0 radical (unpaired) electrons. The fourth-order valence-electron chi connectivity index (χ4n) is 2.40. The second-order valence-electron chi connectivity index (χ2n) is 5.06. The van der Waals surface area contributed by atoms with E-state index < -0.39 is 0 Å². The fraction of sp³-hybridized carbons (Fsp3) is 0.118. The Balaban J connectivity index is 1.62. The van der Waals surface area contributed by atoms with Crippen LogP contribution >= 0.6 is 15.9 Å². The van der Waals surface area contributed by atoms with Crippen molar-refractivity contribution in [1.82, 2.24) is 10.3 Å². The van der Waals surface area contributed by atoms with Crippen molar-refractivity contribution in [3.63, 3.8) is 0 Å². The van der Waals surface area contributed by atoms with Gasteiger partial charge >= 0.3 is 0 Å². The number of amides is 1. The molecule has 5 heteroatoms. The Labute approximate surface area is 136 Å². The van der Waals surface area contributed by atoms with Crippen LogP contribution in [0.2, 0.25) is 0 Å². The zero-order valence-corrected chi connectivity index (χ0v) is 13.4. The fourth-order valence-corrected chi connectivity index (χ4v) is 2.66. The van der Waals surface area contributed by atoms with E-state index >= 15 is 0 Å². The van der Waals surface area contributed by atoms with Crippen molar-refractivity contribution in [2.45, 2.75) is 6.42 Å². The largest absolute Gasteiger partial charge is 0.508 e. The van der Waals surface area contributed by atoms with Gasteiger partial charge in [-0.05, 0) is 48.4 Å². The quantitative estimate of drug-likeness (QED) is 0.666. The second kappa shape index (κ2) is 6.23. The summed E-state index contributed by atoms with van der Waals surface area (Å²) in [5.41, 5.74) is 2.66. The summed E-state index contributed by atoms with van der Waals surface area (Å²) >= 11 is 3.35. The maximum Gasteiger partial charge on any atom is 0.251 e. The maximum atomic E-state index is 12.0. The molecule has 112 valence electrons. The predicted molar refractivity (Wildman–Crippen MR) is 90.1 cm³/mol. The summed E-state index contributed by atoms with van der Waals surface area (Å²) in [7, 11) is 0. The number of carbonyl (C=O) groups is 1. The Hall–Kier alpha value is -2.27. The molecule has 1 aromatic heterocycles. The molecule has 0 saturated carbocycles. The van der Waals surface area contributed by atoms with Gasteiger partial charge in [0.25, 0.3) is 5.91 Å². The highest BCUT2D eigenvalue weighted by atomic mass is 79.9. The first kappa shape index (κ1) is 14.7. The van der Waals surface area contributed by atoms with Crippen molar-refractivity contribution in [1.29, 1.82) is 0 Å². The summed E-state index contributed by atoms with van der Waals surface area (Å²) in [4.78, 5) is 15.2. The number of fused-ring (bicyclic) bond motifs is 1. The number of aromatic amines is 1. The number of hydrogen-bond donors (Lipinski definition) is 3. The molecule has 3 rings (SSSR count). The van der Waals surface area contributed by atoms with Crippen LogP contribution in [0, 0.1) is 0 Å². The topological polar surface area (TPSA) is 65.1 Å². The Kier molecular flexibility index (Phi) is 4.15. The van der Waals surface area contributed by atoms with Gasteiger partial charge in [-0.15, -0.1) is 0 Å². The molecule has 1 heterocycles. The third-order valence-electron chi connectivity index (χ3n) is 3.54. The lowest BCUT2D eigenvalue weighted by Crippen LogP contribution is -2.25. The van der Waals surface area contributed by atoms with E-state index in [0.29, 0.717) is 12.1 Å². The van der Waals surface area contributed by atoms with Gasteiger partial charge in [-0.25, -0.2) is 0 Å². The molecule has 0 unspecified atom stereocenters. The minimum absolute atomic E-state index is 0.0787. The van der Waals surface area contributed by atoms with Gasteiger partial charge < -0.3 is 15.4 Å². The lowest BCUT2D eigenvalue weighted by atomic mass is 10.1. The van der Waals surface area contributed by atoms with Gasteiger partial charge in [-0.3, -0.25) is 4.79 Å². The second-order valence-corrected chi connectivity index (χ2v) is 5.97. The molecule has 0 aliphatic heterocycles. The van der Waals surface area contributed by atoms with E-state index in [0.717, 1.165) is 27.4 Å². The highest BCUT2D eigenvalue weighted by Gasteiger charge is 2.07. The number of phenols is 1. The lowest BCUT2D eigenvalue weighted by molar-refractivity contribution is 0.0954. The summed E-state index contributed by atoms with van der Waals surface area (Å²) in [6.45, 7) is 0.558. The van der Waals surface area contributed by atoms with Crippen molar-refractivity contribution in [2.24, 2.45) is 0 Å². The lowest BCUT2D eigenvalue weighted by Gasteiger charge is -2.05. The number of carbonyl (C=O) groups excluding carboxylic acids is 1. The molecule has 4 nitrogen and oxygen atoms in total. The van der Waals surface area contributed by atoms with Crippen LogP contribution in [0.1, 0.15) is 15.9 Å². The number of benzene rings is 2. The van der Waals surface area contributed by atoms with Gasteiger partial charge in [0, 0.05) is 39.7 Å². The highest BCUT2D eigenvalue weighted by Crippen LogP contribution is 2.22. The molecular formula is C17H15BrN2O2. The van der Waals surface area contributed by atoms with E-state index in [2.05, 4.69) is 26.2 Å². The van der Waals surface area contributed by atoms with Gasteiger partial charge in [0.1, 0.15) is 5.75 Å². The number of rotatable bonds is 4. The minimum atomic E-state index is -0.0787. The van der Waals surface area contributed by atoms with E-state index in [-0.39, 0.29) is 11.7 Å². The third kappa shape index (κ3) is 3.14. The van der Waals surface area contributed by atoms with Crippen molar-refractivity contribution in [3.05, 3.63) is 64.3 Å². The first-order valence-corrected chi connectivity index (χ1v) is 7.75. The van der Waals surface area contributed by atoms with Crippen LogP contribution in [-0.2, 0) is 6.42 Å². The smallest absolute Gasteiger partial charge is 0.251 e. The van der Waals surface area contributed by atoms with Crippen LogP contribution < -0.4 is 5.32 Å². The standard InChI is InChI=1S/C17H15BrN2O2/c18-13-3-1-11(2-4-13)17(22)19-8-7-12-10-20-16-9-14(21)5-6-15(12)16/h1-6,9-10,20-21H,7-8H2,(H,19,22). The number of halogens is 1. The van der Waals surface area contributed by atoms with E-state index in [1.54, 1.807) is 24.3 Å². The molecule has 2 aromatic carbocycles. The highest BCUT2D eigenvalue weighted by molar-refractivity contribution is 9.10. The normalized spacial score (nSPS) is 10.8. The average molecular weight is 359 g/mol. The molecule has 0 spiro atoms. The van der Waals surface area contributed by atoms with E-state index in [9.17, 15) is 9.90 Å². The van der Waals surface area contributed by atoms with Crippen molar-refractivity contribution in [3.8, 4) is 5.75 Å². The number of aromatic hydroxyl groups is 1. The van der Waals surface area contributed by atoms with E-state index in [1.165, 1.54) is 0 Å². The molecule has 0 aliphatic carbocycles. The summed E-state index contributed by atoms with van der Waals surface area (Å²) in [5.74, 6) is 0.162. The number of nitrogens with one attached hydrogen (secondary N) is 2. The summed E-state index contributed by atoms with van der Waals surface area (Å²) in [6.07, 6.45) is 2.64. The number of hydrogen-bond acceptors (Lipinski definition) is 2. The Bertz CT molecular complexity index is 809. The van der Waals surface area contributed by atoms with Gasteiger partial charge in [0.15, 0.2) is 0 Å². The van der Waals surface area contributed by atoms with Crippen LogP contribution in [-0.4, -0.2) is 22.5 Å². The number of phenolic OH excluding ortho intramolecular Hbond substituents is 1. The maximum absolute atomic E-state index is 12.0. The molecule has 0 bridgehead atoms. The molecule has 3 N–H and O–H groups in total. The third-order valence-corrected chi connectivity index (χ3v) is 4.07. The molecule has 0 fully saturated rings. The molecule has 22 heavy (non-hydrogen) atoms. The average Bonchev–Trinajstić information content (AvgIpc) is 2.90. The van der Waals surface area contributed by atoms with Crippen LogP contribution in [0.15, 0.2) is 53.1 Å². The summed E-state index contributed by atoms with van der Waals surface area (Å²) in [6, 6.07) is 12.5. The summed E-state index contributed by atoms with van der Waals surface area (Å²) in [5, 5.41) is 13.4. The minimum Gasteiger partial charge on any atom is -0.508 e.